The van der Waals surface area contributed by atoms with Crippen molar-refractivity contribution in [3.63, 3.8) is 0 Å². The van der Waals surface area contributed by atoms with E-state index in [0.717, 1.165) is 41.9 Å². The average Bonchev–Trinajstić information content (AvgIpc) is 3.62. The molecule has 0 radical (unpaired) electrons. The fraction of sp³-hybridized carbons (Fsp3) is 0.281. The summed E-state index contributed by atoms with van der Waals surface area (Å²) in [7, 11) is 0. The third-order valence-corrected chi connectivity index (χ3v) is 8.37. The van der Waals surface area contributed by atoms with Crippen LogP contribution >= 0.6 is 11.3 Å². The Kier molecular flexibility index (Phi) is 7.21. The number of carbonyl (C=O) groups excluding carboxylic acids is 2. The Bertz CT molecular complexity index is 1700. The van der Waals surface area contributed by atoms with Crippen LogP contribution < -0.4 is 14.4 Å². The van der Waals surface area contributed by atoms with Crippen LogP contribution in [0.25, 0.3) is 16.0 Å². The Morgan fingerprint density at radius 1 is 1.15 bits per heavy atom. The standard InChI is InChI=1S/C32H29FN2O5S/c1-3-4-5-13-39-23-8-6-7-19(16-23)28-27(29(36)20-9-12-25-21(15-20)14-18(2)40-25)30(37)31(38)35(28)32-34-24-11-10-22(33)17-26(24)41-32/h6-12,15-18,28,36H,3-5,13-14H2,1-2H3/t18-,28-/m0/s1. The Morgan fingerprint density at radius 3 is 2.83 bits per heavy atom. The molecule has 0 unspecified atom stereocenters. The van der Waals surface area contributed by atoms with Crippen LogP contribution in [0.15, 0.2) is 66.2 Å². The summed E-state index contributed by atoms with van der Waals surface area (Å²) in [6.07, 6.45) is 3.70. The number of ketones is 1. The number of halogens is 1. The number of Topliss-reactive ketones (excluding diaryl/α,β-unsaturated/α-hetero) is 1. The maximum absolute atomic E-state index is 14.0. The molecule has 3 heterocycles. The summed E-state index contributed by atoms with van der Waals surface area (Å²) in [5, 5.41) is 11.8. The molecule has 2 atom stereocenters. The third kappa shape index (κ3) is 5.06. The number of rotatable bonds is 8. The van der Waals surface area contributed by atoms with E-state index in [4.69, 9.17) is 9.47 Å². The van der Waals surface area contributed by atoms with Crippen molar-refractivity contribution in [1.29, 1.82) is 0 Å². The molecule has 6 rings (SSSR count). The molecule has 0 aliphatic carbocycles. The molecule has 7 nitrogen and oxygen atoms in total. The number of aromatic nitrogens is 1. The van der Waals surface area contributed by atoms with E-state index in [9.17, 15) is 19.1 Å². The van der Waals surface area contributed by atoms with Crippen molar-refractivity contribution in [3.8, 4) is 11.5 Å². The number of fused-ring (bicyclic) bond motifs is 2. The summed E-state index contributed by atoms with van der Waals surface area (Å²) in [5.74, 6) is -1.01. The van der Waals surface area contributed by atoms with Crippen molar-refractivity contribution in [2.75, 3.05) is 11.5 Å². The van der Waals surface area contributed by atoms with Crippen LogP contribution in [0, 0.1) is 5.82 Å². The van der Waals surface area contributed by atoms with E-state index in [1.807, 2.05) is 13.0 Å². The molecule has 41 heavy (non-hydrogen) atoms. The monoisotopic (exact) mass is 572 g/mol. The van der Waals surface area contributed by atoms with Gasteiger partial charge in [0, 0.05) is 12.0 Å². The number of amides is 1. The van der Waals surface area contributed by atoms with E-state index in [1.54, 1.807) is 36.4 Å². The van der Waals surface area contributed by atoms with E-state index in [-0.39, 0.29) is 22.6 Å². The fourth-order valence-electron chi connectivity index (χ4n) is 5.38. The average molecular weight is 573 g/mol. The van der Waals surface area contributed by atoms with Crippen LogP contribution in [0.5, 0.6) is 11.5 Å². The molecule has 1 aromatic heterocycles. The van der Waals surface area contributed by atoms with Gasteiger partial charge in [-0.3, -0.25) is 14.5 Å². The summed E-state index contributed by atoms with van der Waals surface area (Å²) >= 11 is 1.11. The predicted molar refractivity (Wildman–Crippen MR) is 156 cm³/mol. The minimum Gasteiger partial charge on any atom is -0.507 e. The van der Waals surface area contributed by atoms with Crippen LogP contribution in [-0.2, 0) is 16.0 Å². The molecule has 0 bridgehead atoms. The Balaban J connectivity index is 1.47. The second-order valence-corrected chi connectivity index (χ2v) is 11.4. The highest BCUT2D eigenvalue weighted by molar-refractivity contribution is 7.22. The molecule has 2 aliphatic heterocycles. The smallest absolute Gasteiger partial charge is 0.301 e. The molecule has 210 valence electrons. The van der Waals surface area contributed by atoms with Crippen molar-refractivity contribution in [2.24, 2.45) is 0 Å². The van der Waals surface area contributed by atoms with E-state index >= 15 is 0 Å². The summed E-state index contributed by atoms with van der Waals surface area (Å²) in [6, 6.07) is 15.7. The van der Waals surface area contributed by atoms with E-state index in [0.29, 0.717) is 40.1 Å². The largest absolute Gasteiger partial charge is 0.507 e. The maximum atomic E-state index is 14.0. The van der Waals surface area contributed by atoms with Gasteiger partial charge in [-0.1, -0.05) is 43.2 Å². The number of aliphatic hydroxyl groups is 1. The molecule has 9 heteroatoms. The topological polar surface area (TPSA) is 89.0 Å². The summed E-state index contributed by atoms with van der Waals surface area (Å²) in [5.41, 5.74) is 2.39. The number of hydrogen-bond donors (Lipinski definition) is 1. The van der Waals surface area contributed by atoms with Crippen molar-refractivity contribution in [1.82, 2.24) is 4.98 Å². The van der Waals surface area contributed by atoms with Crippen LogP contribution in [-0.4, -0.2) is 34.5 Å². The van der Waals surface area contributed by atoms with E-state index < -0.39 is 23.5 Å². The number of thiazole rings is 1. The molecule has 1 saturated heterocycles. The maximum Gasteiger partial charge on any atom is 0.301 e. The number of carbonyl (C=O) groups is 2. The minimum atomic E-state index is -0.969. The molecule has 4 aromatic rings. The lowest BCUT2D eigenvalue weighted by Gasteiger charge is -2.23. The first kappa shape index (κ1) is 27.0. The van der Waals surface area contributed by atoms with Crippen LogP contribution in [0.2, 0.25) is 0 Å². The molecular formula is C32H29FN2O5S. The highest BCUT2D eigenvalue weighted by Crippen LogP contribution is 2.45. The molecular weight excluding hydrogens is 543 g/mol. The quantitative estimate of drug-likeness (QED) is 0.106. The molecule has 3 aromatic carbocycles. The van der Waals surface area contributed by atoms with Crippen molar-refractivity contribution in [3.05, 3.63) is 88.7 Å². The van der Waals surface area contributed by atoms with Crippen molar-refractivity contribution in [2.45, 2.75) is 51.7 Å². The highest BCUT2D eigenvalue weighted by atomic mass is 32.1. The molecule has 1 amide bonds. The molecule has 1 fully saturated rings. The SMILES string of the molecule is CCCCCOc1cccc([C@H]2C(=C(O)c3ccc4c(c3)C[C@H](C)O4)C(=O)C(=O)N2c2nc3ccc(F)cc3s2)c1. The van der Waals surface area contributed by atoms with Gasteiger partial charge in [0.05, 0.1) is 28.4 Å². The third-order valence-electron chi connectivity index (χ3n) is 7.35. The Morgan fingerprint density at radius 2 is 2.00 bits per heavy atom. The van der Waals surface area contributed by atoms with Gasteiger partial charge in [-0.15, -0.1) is 0 Å². The van der Waals surface area contributed by atoms with Gasteiger partial charge in [0.25, 0.3) is 5.78 Å². The second kappa shape index (κ2) is 11.0. The number of unbranched alkanes of at least 4 members (excludes halogenated alkanes) is 2. The van der Waals surface area contributed by atoms with Gasteiger partial charge in [-0.25, -0.2) is 9.37 Å². The van der Waals surface area contributed by atoms with Crippen LogP contribution in [0.4, 0.5) is 9.52 Å². The zero-order valence-electron chi connectivity index (χ0n) is 22.7. The first-order valence-electron chi connectivity index (χ1n) is 13.7. The zero-order chi connectivity index (χ0) is 28.7. The normalized spacial score (nSPS) is 19.5. The van der Waals surface area contributed by atoms with Crippen molar-refractivity contribution >= 4 is 44.1 Å². The van der Waals surface area contributed by atoms with Gasteiger partial charge in [0.2, 0.25) is 0 Å². The second-order valence-electron chi connectivity index (χ2n) is 10.4. The van der Waals surface area contributed by atoms with Crippen LogP contribution in [0.3, 0.4) is 0 Å². The predicted octanol–water partition coefficient (Wildman–Crippen LogP) is 6.95. The number of nitrogens with zero attached hydrogens (tertiary/aromatic N) is 2. The van der Waals surface area contributed by atoms with Gasteiger partial charge in [-0.2, -0.15) is 0 Å². The molecule has 2 aliphatic rings. The van der Waals surface area contributed by atoms with Gasteiger partial charge >= 0.3 is 5.91 Å². The van der Waals surface area contributed by atoms with Crippen molar-refractivity contribution < 1.29 is 28.6 Å². The van der Waals surface area contributed by atoms with E-state index in [1.165, 1.54) is 23.1 Å². The molecule has 0 spiro atoms. The number of aliphatic hydroxyl groups excluding tert-OH is 1. The summed E-state index contributed by atoms with van der Waals surface area (Å²) in [4.78, 5) is 33.1. The van der Waals surface area contributed by atoms with Crippen LogP contribution in [0.1, 0.15) is 55.8 Å². The number of ether oxygens (including phenoxy) is 2. The van der Waals surface area contributed by atoms with Gasteiger partial charge in [0.1, 0.15) is 29.2 Å². The molecule has 1 N–H and O–H groups in total. The lowest BCUT2D eigenvalue weighted by Crippen LogP contribution is -2.29. The lowest BCUT2D eigenvalue weighted by molar-refractivity contribution is -0.132. The first-order valence-corrected chi connectivity index (χ1v) is 14.6. The van der Waals surface area contributed by atoms with E-state index in [2.05, 4.69) is 11.9 Å². The van der Waals surface area contributed by atoms with Gasteiger partial charge in [-0.05, 0) is 73.0 Å². The minimum absolute atomic E-state index is 0.0110. The number of benzene rings is 3. The Labute approximate surface area is 240 Å². The summed E-state index contributed by atoms with van der Waals surface area (Å²) in [6.45, 7) is 4.62. The fourth-order valence-corrected chi connectivity index (χ4v) is 6.39. The highest BCUT2D eigenvalue weighted by Gasteiger charge is 2.48. The van der Waals surface area contributed by atoms with Gasteiger partial charge in [0.15, 0.2) is 5.13 Å². The number of anilines is 1. The number of hydrogen-bond acceptors (Lipinski definition) is 7. The Hall–Kier alpha value is -4.24. The molecule has 0 saturated carbocycles. The zero-order valence-corrected chi connectivity index (χ0v) is 23.5. The van der Waals surface area contributed by atoms with Gasteiger partial charge < -0.3 is 14.6 Å². The summed E-state index contributed by atoms with van der Waals surface area (Å²) < 4.78 is 26.3. The first-order chi connectivity index (χ1) is 19.8. The lowest BCUT2D eigenvalue weighted by atomic mass is 9.94.